The van der Waals surface area contributed by atoms with Gasteiger partial charge in [-0.05, 0) is 26.3 Å². The average molecular weight is 211 g/mol. The van der Waals surface area contributed by atoms with Gasteiger partial charge in [-0.15, -0.1) is 0 Å². The fourth-order valence-corrected chi connectivity index (χ4v) is 2.98. The number of Topliss-reactive ketones (excluding diaryl/α,β-unsaturated/α-hetero) is 1. The monoisotopic (exact) mass is 211 g/mol. The van der Waals surface area contributed by atoms with Crippen LogP contribution < -0.4 is 0 Å². The molecule has 0 aromatic carbocycles. The van der Waals surface area contributed by atoms with Crippen molar-refractivity contribution in [3.8, 4) is 0 Å². The van der Waals surface area contributed by atoms with Crippen LogP contribution in [0, 0.1) is 0 Å². The molecule has 0 amide bonds. The van der Waals surface area contributed by atoms with Gasteiger partial charge in [-0.2, -0.15) is 0 Å². The number of hydrogen-bond acceptors (Lipinski definition) is 3. The molecule has 2 fully saturated rings. The van der Waals surface area contributed by atoms with E-state index in [1.54, 1.807) is 0 Å². The quantitative estimate of drug-likeness (QED) is 0.749. The standard InChI is InChI=1S/C12H21NO2/c1-13(9-6-7-10(14)8-9)11-4-2-3-5-12(11)15/h9,11-12,15H,2-8H2,1H3. The van der Waals surface area contributed by atoms with Gasteiger partial charge in [0.25, 0.3) is 0 Å². The van der Waals surface area contributed by atoms with Crippen molar-refractivity contribution >= 4 is 5.78 Å². The molecule has 0 heterocycles. The van der Waals surface area contributed by atoms with E-state index in [-0.39, 0.29) is 12.1 Å². The Morgan fingerprint density at radius 1 is 1.27 bits per heavy atom. The number of carbonyl (C=O) groups excluding carboxylic acids is 1. The molecule has 0 bridgehead atoms. The summed E-state index contributed by atoms with van der Waals surface area (Å²) in [6, 6.07) is 0.671. The van der Waals surface area contributed by atoms with E-state index in [0.29, 0.717) is 18.2 Å². The van der Waals surface area contributed by atoms with Gasteiger partial charge in [0.2, 0.25) is 0 Å². The zero-order valence-electron chi connectivity index (χ0n) is 9.48. The van der Waals surface area contributed by atoms with Gasteiger partial charge in [0.15, 0.2) is 0 Å². The van der Waals surface area contributed by atoms with E-state index < -0.39 is 0 Å². The zero-order chi connectivity index (χ0) is 10.8. The van der Waals surface area contributed by atoms with Crippen molar-refractivity contribution in [2.45, 2.75) is 63.1 Å². The molecule has 2 saturated carbocycles. The topological polar surface area (TPSA) is 40.5 Å². The third-order valence-corrected chi connectivity index (χ3v) is 4.01. The molecule has 3 nitrogen and oxygen atoms in total. The summed E-state index contributed by atoms with van der Waals surface area (Å²) in [6.07, 6.45) is 6.61. The molecular formula is C12H21NO2. The minimum Gasteiger partial charge on any atom is -0.391 e. The third-order valence-electron chi connectivity index (χ3n) is 4.01. The first-order valence-corrected chi connectivity index (χ1v) is 6.10. The van der Waals surface area contributed by atoms with Gasteiger partial charge in [-0.25, -0.2) is 0 Å². The summed E-state index contributed by atoms with van der Waals surface area (Å²) >= 11 is 0. The Kier molecular flexibility index (Phi) is 3.42. The van der Waals surface area contributed by atoms with Crippen molar-refractivity contribution in [2.75, 3.05) is 7.05 Å². The Labute approximate surface area is 91.5 Å². The van der Waals surface area contributed by atoms with Gasteiger partial charge < -0.3 is 5.11 Å². The SMILES string of the molecule is CN(C1CCC(=O)C1)C1CCCCC1O. The van der Waals surface area contributed by atoms with Crippen LogP contribution in [-0.4, -0.2) is 41.0 Å². The number of aliphatic hydroxyl groups excluding tert-OH is 1. The Balaban J connectivity index is 1.93. The molecule has 15 heavy (non-hydrogen) atoms. The highest BCUT2D eigenvalue weighted by molar-refractivity contribution is 5.81. The fourth-order valence-electron chi connectivity index (χ4n) is 2.98. The van der Waals surface area contributed by atoms with Crippen LogP contribution >= 0.6 is 0 Å². The van der Waals surface area contributed by atoms with Gasteiger partial charge in [0.1, 0.15) is 5.78 Å². The summed E-state index contributed by atoms with van der Waals surface area (Å²) in [5, 5.41) is 9.94. The molecule has 0 spiro atoms. The minimum atomic E-state index is -0.181. The van der Waals surface area contributed by atoms with Crippen LogP contribution in [0.2, 0.25) is 0 Å². The number of likely N-dealkylation sites (N-methyl/N-ethyl adjacent to an activating group) is 1. The van der Waals surface area contributed by atoms with Crippen molar-refractivity contribution in [1.29, 1.82) is 0 Å². The lowest BCUT2D eigenvalue weighted by Gasteiger charge is -2.38. The van der Waals surface area contributed by atoms with E-state index in [4.69, 9.17) is 0 Å². The smallest absolute Gasteiger partial charge is 0.134 e. The lowest BCUT2D eigenvalue weighted by molar-refractivity contribution is -0.117. The molecule has 3 atom stereocenters. The summed E-state index contributed by atoms with van der Waals surface area (Å²) in [7, 11) is 2.07. The summed E-state index contributed by atoms with van der Waals surface area (Å²) in [4.78, 5) is 13.5. The van der Waals surface area contributed by atoms with Crippen LogP contribution in [0.25, 0.3) is 0 Å². The molecule has 0 radical (unpaired) electrons. The molecule has 2 aliphatic rings. The molecule has 0 aromatic heterocycles. The van der Waals surface area contributed by atoms with Gasteiger partial charge in [0.05, 0.1) is 6.10 Å². The highest BCUT2D eigenvalue weighted by atomic mass is 16.3. The Morgan fingerprint density at radius 2 is 2.00 bits per heavy atom. The maximum absolute atomic E-state index is 11.2. The summed E-state index contributed by atoms with van der Waals surface area (Å²) in [6.45, 7) is 0. The molecule has 0 saturated heterocycles. The molecule has 3 heteroatoms. The second-order valence-corrected chi connectivity index (χ2v) is 5.02. The van der Waals surface area contributed by atoms with E-state index in [0.717, 1.165) is 32.1 Å². The van der Waals surface area contributed by atoms with E-state index >= 15 is 0 Å². The maximum Gasteiger partial charge on any atom is 0.134 e. The molecule has 0 aliphatic heterocycles. The van der Waals surface area contributed by atoms with Crippen LogP contribution in [0.1, 0.15) is 44.9 Å². The van der Waals surface area contributed by atoms with Gasteiger partial charge in [0, 0.05) is 24.9 Å². The Hall–Kier alpha value is -0.410. The van der Waals surface area contributed by atoms with Gasteiger partial charge in [-0.1, -0.05) is 12.8 Å². The number of aliphatic hydroxyl groups is 1. The van der Waals surface area contributed by atoms with E-state index in [1.165, 1.54) is 6.42 Å². The molecule has 2 rings (SSSR count). The van der Waals surface area contributed by atoms with Crippen LogP contribution in [0.3, 0.4) is 0 Å². The second-order valence-electron chi connectivity index (χ2n) is 5.02. The van der Waals surface area contributed by atoms with Crippen LogP contribution in [0.5, 0.6) is 0 Å². The van der Waals surface area contributed by atoms with Crippen molar-refractivity contribution in [2.24, 2.45) is 0 Å². The summed E-state index contributed by atoms with van der Waals surface area (Å²) < 4.78 is 0. The van der Waals surface area contributed by atoms with Crippen molar-refractivity contribution in [3.63, 3.8) is 0 Å². The molecular weight excluding hydrogens is 190 g/mol. The first kappa shape index (κ1) is 11.1. The van der Waals surface area contributed by atoms with E-state index in [1.807, 2.05) is 0 Å². The molecule has 3 unspecified atom stereocenters. The normalized spacial score (nSPS) is 37.5. The van der Waals surface area contributed by atoms with E-state index in [2.05, 4.69) is 11.9 Å². The minimum absolute atomic E-state index is 0.181. The largest absolute Gasteiger partial charge is 0.391 e. The maximum atomic E-state index is 11.2. The Morgan fingerprint density at radius 3 is 2.60 bits per heavy atom. The number of hydrogen-bond donors (Lipinski definition) is 1. The van der Waals surface area contributed by atoms with Crippen molar-refractivity contribution in [1.82, 2.24) is 4.90 Å². The molecule has 2 aliphatic carbocycles. The molecule has 0 aromatic rings. The van der Waals surface area contributed by atoms with Crippen LogP contribution in [0.15, 0.2) is 0 Å². The third kappa shape index (κ3) is 2.40. The second kappa shape index (κ2) is 4.62. The number of rotatable bonds is 2. The first-order valence-electron chi connectivity index (χ1n) is 6.10. The lowest BCUT2D eigenvalue weighted by atomic mass is 9.90. The summed E-state index contributed by atoms with van der Waals surface area (Å²) in [5.41, 5.74) is 0. The van der Waals surface area contributed by atoms with E-state index in [9.17, 15) is 9.90 Å². The highest BCUT2D eigenvalue weighted by Gasteiger charge is 2.33. The number of nitrogens with zero attached hydrogens (tertiary/aromatic N) is 1. The average Bonchev–Trinajstić information content (AvgIpc) is 2.65. The number of ketones is 1. The lowest BCUT2D eigenvalue weighted by Crippen LogP contribution is -2.47. The zero-order valence-corrected chi connectivity index (χ0v) is 9.48. The van der Waals surface area contributed by atoms with Crippen LogP contribution in [0.4, 0.5) is 0 Å². The number of carbonyl (C=O) groups is 1. The van der Waals surface area contributed by atoms with Gasteiger partial charge >= 0.3 is 0 Å². The van der Waals surface area contributed by atoms with Crippen LogP contribution in [-0.2, 0) is 4.79 Å². The first-order chi connectivity index (χ1) is 7.18. The Bertz CT molecular complexity index is 242. The predicted octanol–water partition coefficient (Wildman–Crippen LogP) is 1.34. The molecule has 86 valence electrons. The van der Waals surface area contributed by atoms with Crippen molar-refractivity contribution < 1.29 is 9.90 Å². The fraction of sp³-hybridized carbons (Fsp3) is 0.917. The summed E-state index contributed by atoms with van der Waals surface area (Å²) in [5.74, 6) is 0.386. The van der Waals surface area contributed by atoms with Crippen molar-refractivity contribution in [3.05, 3.63) is 0 Å². The van der Waals surface area contributed by atoms with Gasteiger partial charge in [-0.3, -0.25) is 9.69 Å². The molecule has 1 N–H and O–H groups in total. The predicted molar refractivity (Wildman–Crippen MR) is 58.7 cm³/mol. The highest BCUT2D eigenvalue weighted by Crippen LogP contribution is 2.28.